The van der Waals surface area contributed by atoms with Gasteiger partial charge in [-0.15, -0.1) is 0 Å². The van der Waals surface area contributed by atoms with E-state index in [1.807, 2.05) is 50.2 Å². The maximum Gasteiger partial charge on any atom is 0.277 e. The Morgan fingerprint density at radius 2 is 1.71 bits per heavy atom. The van der Waals surface area contributed by atoms with Crippen molar-refractivity contribution in [1.82, 2.24) is 5.43 Å². The zero-order chi connectivity index (χ0) is 17.7. The summed E-state index contributed by atoms with van der Waals surface area (Å²) in [5.74, 6) is 0.259. The third kappa shape index (κ3) is 5.43. The zero-order valence-electron chi connectivity index (χ0n) is 13.1. The number of benzene rings is 2. The van der Waals surface area contributed by atoms with Crippen molar-refractivity contribution in [2.24, 2.45) is 5.10 Å². The van der Waals surface area contributed by atoms with Crippen LogP contribution in [-0.4, -0.2) is 18.2 Å². The average molecular weight is 519 g/mol. The average Bonchev–Trinajstić information content (AvgIpc) is 2.52. The molecule has 0 saturated carbocycles. The highest BCUT2D eigenvalue weighted by Crippen LogP contribution is 2.34. The van der Waals surface area contributed by atoms with Crippen molar-refractivity contribution < 1.29 is 9.53 Å². The van der Waals surface area contributed by atoms with Crippen LogP contribution in [0, 0.1) is 6.92 Å². The van der Waals surface area contributed by atoms with E-state index in [0.29, 0.717) is 11.5 Å². The second kappa shape index (κ2) is 8.78. The van der Waals surface area contributed by atoms with E-state index in [9.17, 15) is 4.79 Å². The molecule has 0 aliphatic rings. The minimum Gasteiger partial charge on any atom is -0.481 e. The van der Waals surface area contributed by atoms with Crippen LogP contribution in [0.4, 0.5) is 0 Å². The largest absolute Gasteiger partial charge is 0.481 e. The van der Waals surface area contributed by atoms with Gasteiger partial charge in [0.2, 0.25) is 0 Å². The number of amides is 1. The standard InChI is InChI=1S/C17H15Br3N2O2/c1-10-7-14(19)17(15(20)8-10)24-9-16(23)22-21-11(2)12-3-5-13(18)6-4-12/h3-8H,9H2,1-2H3,(H,22,23)/b21-11-. The molecule has 2 rings (SSSR count). The topological polar surface area (TPSA) is 50.7 Å². The van der Waals surface area contributed by atoms with Crippen molar-refractivity contribution in [3.63, 3.8) is 0 Å². The molecule has 7 heteroatoms. The lowest BCUT2D eigenvalue weighted by atomic mass is 10.1. The molecule has 0 bridgehead atoms. The molecule has 4 nitrogen and oxygen atoms in total. The van der Waals surface area contributed by atoms with Crippen molar-refractivity contribution >= 4 is 59.4 Å². The number of aryl methyl sites for hydroxylation is 1. The van der Waals surface area contributed by atoms with Gasteiger partial charge in [-0.3, -0.25) is 4.79 Å². The van der Waals surface area contributed by atoms with Crippen LogP contribution < -0.4 is 10.2 Å². The van der Waals surface area contributed by atoms with Gasteiger partial charge in [-0.25, -0.2) is 5.43 Å². The van der Waals surface area contributed by atoms with E-state index in [0.717, 1.165) is 24.5 Å². The molecule has 0 aliphatic heterocycles. The Morgan fingerprint density at radius 3 is 2.29 bits per heavy atom. The maximum absolute atomic E-state index is 11.9. The van der Waals surface area contributed by atoms with Gasteiger partial charge in [0.15, 0.2) is 6.61 Å². The molecule has 2 aromatic carbocycles. The molecule has 1 amide bonds. The van der Waals surface area contributed by atoms with E-state index in [2.05, 4.69) is 58.3 Å². The Bertz CT molecular complexity index is 751. The number of ether oxygens (including phenoxy) is 1. The van der Waals surface area contributed by atoms with Gasteiger partial charge in [-0.05, 0) is 81.1 Å². The summed E-state index contributed by atoms with van der Waals surface area (Å²) < 4.78 is 8.13. The van der Waals surface area contributed by atoms with Crippen LogP contribution in [0.15, 0.2) is 54.9 Å². The fraction of sp³-hybridized carbons (Fsp3) is 0.176. The summed E-state index contributed by atoms with van der Waals surface area (Å²) in [6.45, 7) is 3.68. The Hall–Kier alpha value is -1.18. The number of nitrogens with zero attached hydrogens (tertiary/aromatic N) is 1. The summed E-state index contributed by atoms with van der Waals surface area (Å²) in [6, 6.07) is 11.5. The Kier molecular flexibility index (Phi) is 7.01. The van der Waals surface area contributed by atoms with E-state index in [1.165, 1.54) is 0 Å². The van der Waals surface area contributed by atoms with Gasteiger partial charge in [-0.1, -0.05) is 28.1 Å². The van der Waals surface area contributed by atoms with Crippen molar-refractivity contribution in [1.29, 1.82) is 0 Å². The lowest BCUT2D eigenvalue weighted by molar-refractivity contribution is -0.123. The third-order valence-electron chi connectivity index (χ3n) is 3.10. The summed E-state index contributed by atoms with van der Waals surface area (Å²) in [4.78, 5) is 11.9. The van der Waals surface area contributed by atoms with Crippen LogP contribution in [0.2, 0.25) is 0 Å². The lowest BCUT2D eigenvalue weighted by Crippen LogP contribution is -2.25. The molecular formula is C17H15Br3N2O2. The second-order valence-electron chi connectivity index (χ2n) is 5.09. The number of rotatable bonds is 5. The van der Waals surface area contributed by atoms with Gasteiger partial charge in [0.25, 0.3) is 5.91 Å². The van der Waals surface area contributed by atoms with Gasteiger partial charge in [0.05, 0.1) is 14.7 Å². The van der Waals surface area contributed by atoms with Crippen molar-refractivity contribution in [3.05, 3.63) is 60.9 Å². The molecular weight excluding hydrogens is 504 g/mol. The lowest BCUT2D eigenvalue weighted by Gasteiger charge is -2.10. The summed E-state index contributed by atoms with van der Waals surface area (Å²) in [6.07, 6.45) is 0. The van der Waals surface area contributed by atoms with E-state index >= 15 is 0 Å². The molecule has 0 aliphatic carbocycles. The van der Waals surface area contributed by atoms with E-state index in [1.54, 1.807) is 0 Å². The molecule has 0 heterocycles. The van der Waals surface area contributed by atoms with Gasteiger partial charge in [0.1, 0.15) is 5.75 Å². The van der Waals surface area contributed by atoms with E-state index in [-0.39, 0.29) is 12.5 Å². The highest BCUT2D eigenvalue weighted by Gasteiger charge is 2.10. The van der Waals surface area contributed by atoms with Crippen LogP contribution >= 0.6 is 47.8 Å². The number of carbonyl (C=O) groups excluding carboxylic acids is 1. The molecule has 0 aromatic heterocycles. The van der Waals surface area contributed by atoms with Crippen LogP contribution in [0.25, 0.3) is 0 Å². The number of carbonyl (C=O) groups is 1. The Balaban J connectivity index is 1.94. The summed E-state index contributed by atoms with van der Waals surface area (Å²) in [5.41, 5.74) is 5.23. The maximum atomic E-state index is 11.9. The molecule has 2 aromatic rings. The zero-order valence-corrected chi connectivity index (χ0v) is 17.8. The second-order valence-corrected chi connectivity index (χ2v) is 7.71. The van der Waals surface area contributed by atoms with Gasteiger partial charge < -0.3 is 4.74 Å². The summed E-state index contributed by atoms with van der Waals surface area (Å²) in [5, 5.41) is 4.09. The molecule has 0 radical (unpaired) electrons. The number of halogens is 3. The first-order chi connectivity index (χ1) is 11.4. The fourth-order valence-corrected chi connectivity index (χ4v) is 3.80. The van der Waals surface area contributed by atoms with Crippen LogP contribution in [-0.2, 0) is 4.79 Å². The first-order valence-corrected chi connectivity index (χ1v) is 9.42. The molecule has 0 unspecified atom stereocenters. The first kappa shape index (κ1) is 19.1. The van der Waals surface area contributed by atoms with E-state index < -0.39 is 0 Å². The van der Waals surface area contributed by atoms with Crippen LogP contribution in [0.1, 0.15) is 18.1 Å². The fourth-order valence-electron chi connectivity index (χ4n) is 1.90. The highest BCUT2D eigenvalue weighted by molar-refractivity contribution is 9.11. The smallest absolute Gasteiger partial charge is 0.277 e. The number of nitrogens with one attached hydrogen (secondary N) is 1. The summed E-state index contributed by atoms with van der Waals surface area (Å²) in [7, 11) is 0. The minimum absolute atomic E-state index is 0.128. The number of hydrazone groups is 1. The molecule has 1 N–H and O–H groups in total. The van der Waals surface area contributed by atoms with Crippen LogP contribution in [0.5, 0.6) is 5.75 Å². The Morgan fingerprint density at radius 1 is 1.12 bits per heavy atom. The predicted molar refractivity (Wildman–Crippen MR) is 107 cm³/mol. The monoisotopic (exact) mass is 516 g/mol. The molecule has 0 spiro atoms. The van der Waals surface area contributed by atoms with Crippen molar-refractivity contribution in [2.45, 2.75) is 13.8 Å². The molecule has 0 saturated heterocycles. The molecule has 126 valence electrons. The quantitative estimate of drug-likeness (QED) is 0.437. The minimum atomic E-state index is -0.328. The molecule has 0 atom stereocenters. The number of hydrogen-bond donors (Lipinski definition) is 1. The SMILES string of the molecule is C/C(=N/NC(=O)COc1c(Br)cc(C)cc1Br)c1ccc(Br)cc1. The van der Waals surface area contributed by atoms with Crippen molar-refractivity contribution in [2.75, 3.05) is 6.61 Å². The Labute approximate surface area is 166 Å². The third-order valence-corrected chi connectivity index (χ3v) is 4.81. The number of hydrogen-bond acceptors (Lipinski definition) is 3. The van der Waals surface area contributed by atoms with Gasteiger partial charge in [-0.2, -0.15) is 5.10 Å². The van der Waals surface area contributed by atoms with Gasteiger partial charge >= 0.3 is 0 Å². The predicted octanol–water partition coefficient (Wildman–Crippen LogP) is 5.20. The first-order valence-electron chi connectivity index (χ1n) is 7.04. The molecule has 0 fully saturated rings. The summed E-state index contributed by atoms with van der Waals surface area (Å²) >= 11 is 10.2. The molecule has 24 heavy (non-hydrogen) atoms. The van der Waals surface area contributed by atoms with Crippen molar-refractivity contribution in [3.8, 4) is 5.75 Å². The highest BCUT2D eigenvalue weighted by atomic mass is 79.9. The van der Waals surface area contributed by atoms with E-state index in [4.69, 9.17) is 4.74 Å². The van der Waals surface area contributed by atoms with Crippen LogP contribution in [0.3, 0.4) is 0 Å². The normalized spacial score (nSPS) is 11.3. The van der Waals surface area contributed by atoms with Gasteiger partial charge in [0, 0.05) is 4.47 Å².